The lowest BCUT2D eigenvalue weighted by atomic mass is 10.1. The minimum absolute atomic E-state index is 0.136. The molecule has 0 radical (unpaired) electrons. The Bertz CT molecular complexity index is 528. The van der Waals surface area contributed by atoms with Crippen LogP contribution < -0.4 is 11.1 Å². The molecule has 0 fully saturated rings. The number of carbonyl (C=O) groups is 1. The molecule has 88 valence electrons. The molecule has 0 saturated heterocycles. The average molecular weight is 251 g/mol. The Morgan fingerprint density at radius 1 is 1.53 bits per heavy atom. The molecule has 1 aromatic heterocycles. The summed E-state index contributed by atoms with van der Waals surface area (Å²) in [6.07, 6.45) is 0. The van der Waals surface area contributed by atoms with E-state index in [1.807, 2.05) is 5.38 Å². The van der Waals surface area contributed by atoms with E-state index in [0.29, 0.717) is 6.54 Å². The van der Waals surface area contributed by atoms with Gasteiger partial charge in [0.1, 0.15) is 5.82 Å². The number of thiazole rings is 1. The summed E-state index contributed by atoms with van der Waals surface area (Å²) in [6, 6.07) is 4.14. The van der Waals surface area contributed by atoms with Crippen molar-refractivity contribution in [2.75, 3.05) is 5.73 Å². The Kier molecular flexibility index (Phi) is 3.34. The minimum Gasteiger partial charge on any atom is -0.396 e. The van der Waals surface area contributed by atoms with Gasteiger partial charge in [0.2, 0.25) is 0 Å². The predicted octanol–water partition coefficient (Wildman–Crippen LogP) is 1.79. The van der Waals surface area contributed by atoms with Crippen LogP contribution in [-0.4, -0.2) is 10.9 Å². The van der Waals surface area contributed by atoms with Gasteiger partial charge >= 0.3 is 0 Å². The van der Waals surface area contributed by atoms with Gasteiger partial charge in [0.05, 0.1) is 29.0 Å². The fraction of sp³-hybridized carbons (Fsp3) is 0.0909. The van der Waals surface area contributed by atoms with E-state index in [1.165, 1.54) is 29.5 Å². The van der Waals surface area contributed by atoms with Crippen molar-refractivity contribution in [2.24, 2.45) is 0 Å². The van der Waals surface area contributed by atoms with Crippen LogP contribution in [0.15, 0.2) is 29.1 Å². The average Bonchev–Trinajstić information content (AvgIpc) is 2.82. The topological polar surface area (TPSA) is 68.0 Å². The molecule has 1 amide bonds. The van der Waals surface area contributed by atoms with E-state index in [4.69, 9.17) is 5.73 Å². The molecule has 2 rings (SSSR count). The van der Waals surface area contributed by atoms with Crippen molar-refractivity contribution in [1.29, 1.82) is 0 Å². The van der Waals surface area contributed by atoms with Crippen LogP contribution in [0.2, 0.25) is 0 Å². The number of hydrogen-bond acceptors (Lipinski definition) is 4. The van der Waals surface area contributed by atoms with Crippen molar-refractivity contribution in [1.82, 2.24) is 10.3 Å². The van der Waals surface area contributed by atoms with Gasteiger partial charge in [-0.25, -0.2) is 9.37 Å². The molecule has 17 heavy (non-hydrogen) atoms. The van der Waals surface area contributed by atoms with Crippen LogP contribution in [0, 0.1) is 5.82 Å². The molecule has 0 bridgehead atoms. The van der Waals surface area contributed by atoms with Gasteiger partial charge in [-0.15, -0.1) is 11.3 Å². The normalized spacial score (nSPS) is 10.2. The number of rotatable bonds is 3. The second kappa shape index (κ2) is 4.92. The number of halogens is 1. The number of hydrogen-bond donors (Lipinski definition) is 2. The molecule has 4 nitrogen and oxygen atoms in total. The van der Waals surface area contributed by atoms with Crippen LogP contribution in [-0.2, 0) is 6.54 Å². The fourth-order valence-electron chi connectivity index (χ4n) is 1.33. The lowest BCUT2D eigenvalue weighted by Gasteiger charge is -2.06. The maximum absolute atomic E-state index is 13.1. The number of nitrogens with two attached hydrogens (primary N) is 1. The Balaban J connectivity index is 2.07. The Morgan fingerprint density at radius 3 is 3.06 bits per heavy atom. The minimum atomic E-state index is -0.591. The fourth-order valence-corrected chi connectivity index (χ4v) is 1.88. The first-order valence-electron chi connectivity index (χ1n) is 4.87. The van der Waals surface area contributed by atoms with E-state index in [0.717, 1.165) is 5.69 Å². The molecule has 1 aromatic carbocycles. The second-order valence-corrected chi connectivity index (χ2v) is 4.08. The molecule has 2 aromatic rings. The largest absolute Gasteiger partial charge is 0.396 e. The van der Waals surface area contributed by atoms with E-state index >= 15 is 0 Å². The third-order valence-corrected chi connectivity index (χ3v) is 2.85. The van der Waals surface area contributed by atoms with Crippen LogP contribution in [0.3, 0.4) is 0 Å². The molecular weight excluding hydrogens is 241 g/mol. The number of para-hydroxylation sites is 1. The predicted molar refractivity (Wildman–Crippen MR) is 64.1 cm³/mol. The van der Waals surface area contributed by atoms with Gasteiger partial charge in [-0.2, -0.15) is 0 Å². The zero-order chi connectivity index (χ0) is 12.3. The summed E-state index contributed by atoms with van der Waals surface area (Å²) in [7, 11) is 0. The molecule has 6 heteroatoms. The monoisotopic (exact) mass is 251 g/mol. The molecular formula is C11H10FN3OS. The third-order valence-electron chi connectivity index (χ3n) is 2.21. The van der Waals surface area contributed by atoms with Gasteiger partial charge in [0.25, 0.3) is 5.91 Å². The molecule has 0 unspecified atom stereocenters. The Morgan fingerprint density at radius 2 is 2.35 bits per heavy atom. The molecule has 0 spiro atoms. The van der Waals surface area contributed by atoms with Gasteiger partial charge in [0, 0.05) is 5.38 Å². The number of aromatic nitrogens is 1. The molecule has 0 saturated carbocycles. The second-order valence-electron chi connectivity index (χ2n) is 3.36. The van der Waals surface area contributed by atoms with Gasteiger partial charge in [-0.05, 0) is 12.1 Å². The number of nitrogen functional groups attached to an aromatic ring is 1. The maximum atomic E-state index is 13.1. The van der Waals surface area contributed by atoms with E-state index < -0.39 is 11.7 Å². The quantitative estimate of drug-likeness (QED) is 0.817. The van der Waals surface area contributed by atoms with Crippen molar-refractivity contribution in [3.63, 3.8) is 0 Å². The van der Waals surface area contributed by atoms with Gasteiger partial charge in [0.15, 0.2) is 0 Å². The number of amides is 1. The number of benzene rings is 1. The number of carbonyl (C=O) groups excluding carboxylic acids is 1. The third kappa shape index (κ3) is 2.59. The van der Waals surface area contributed by atoms with Crippen molar-refractivity contribution >= 4 is 22.9 Å². The van der Waals surface area contributed by atoms with E-state index in [1.54, 1.807) is 5.51 Å². The first kappa shape index (κ1) is 11.5. The summed E-state index contributed by atoms with van der Waals surface area (Å²) < 4.78 is 13.1. The zero-order valence-electron chi connectivity index (χ0n) is 8.81. The summed E-state index contributed by atoms with van der Waals surface area (Å²) in [6.45, 7) is 0.304. The lowest BCUT2D eigenvalue weighted by Crippen LogP contribution is -2.24. The summed E-state index contributed by atoms with van der Waals surface area (Å²) in [4.78, 5) is 15.8. The summed E-state index contributed by atoms with van der Waals surface area (Å²) in [5, 5.41) is 4.46. The van der Waals surface area contributed by atoms with Gasteiger partial charge in [-0.1, -0.05) is 6.07 Å². The summed E-state index contributed by atoms with van der Waals surface area (Å²) in [5.74, 6) is -0.999. The smallest absolute Gasteiger partial charge is 0.253 e. The number of nitrogens with zero attached hydrogens (tertiary/aromatic N) is 1. The summed E-state index contributed by atoms with van der Waals surface area (Å²) in [5.41, 5.74) is 7.93. The van der Waals surface area contributed by atoms with E-state index in [9.17, 15) is 9.18 Å². The van der Waals surface area contributed by atoms with Crippen molar-refractivity contribution in [2.45, 2.75) is 6.54 Å². The van der Waals surface area contributed by atoms with Gasteiger partial charge < -0.3 is 11.1 Å². The van der Waals surface area contributed by atoms with Crippen molar-refractivity contribution in [3.8, 4) is 0 Å². The first-order valence-corrected chi connectivity index (χ1v) is 5.82. The highest BCUT2D eigenvalue weighted by atomic mass is 32.1. The van der Waals surface area contributed by atoms with Crippen LogP contribution in [0.25, 0.3) is 0 Å². The van der Waals surface area contributed by atoms with Crippen molar-refractivity contribution < 1.29 is 9.18 Å². The molecule has 0 atom stereocenters. The zero-order valence-corrected chi connectivity index (χ0v) is 9.63. The lowest BCUT2D eigenvalue weighted by molar-refractivity contribution is 0.0951. The van der Waals surface area contributed by atoms with Crippen LogP contribution in [0.1, 0.15) is 16.1 Å². The molecule has 1 heterocycles. The van der Waals surface area contributed by atoms with Crippen LogP contribution in [0.4, 0.5) is 10.1 Å². The van der Waals surface area contributed by atoms with Gasteiger partial charge in [-0.3, -0.25) is 4.79 Å². The SMILES string of the molecule is Nc1c(F)cccc1C(=O)NCc1cscn1. The molecule has 0 aliphatic carbocycles. The highest BCUT2D eigenvalue weighted by Crippen LogP contribution is 2.15. The first-order chi connectivity index (χ1) is 8.18. The van der Waals surface area contributed by atoms with Crippen LogP contribution in [0.5, 0.6) is 0 Å². The van der Waals surface area contributed by atoms with E-state index in [-0.39, 0.29) is 11.3 Å². The van der Waals surface area contributed by atoms with E-state index in [2.05, 4.69) is 10.3 Å². The summed E-state index contributed by atoms with van der Waals surface area (Å²) >= 11 is 1.45. The highest BCUT2D eigenvalue weighted by molar-refractivity contribution is 7.07. The van der Waals surface area contributed by atoms with Crippen molar-refractivity contribution in [3.05, 3.63) is 46.2 Å². The number of anilines is 1. The molecule has 0 aliphatic rings. The molecule has 3 N–H and O–H groups in total. The number of nitrogens with one attached hydrogen (secondary N) is 1. The standard InChI is InChI=1S/C11H10FN3OS/c12-9-3-1-2-8(10(9)13)11(16)14-4-7-5-17-6-15-7/h1-3,5-6H,4,13H2,(H,14,16). The molecule has 0 aliphatic heterocycles. The highest BCUT2D eigenvalue weighted by Gasteiger charge is 2.12. The van der Waals surface area contributed by atoms with Crippen LogP contribution >= 0.6 is 11.3 Å². The Hall–Kier alpha value is -1.95. The Labute approximate surface area is 101 Å². The maximum Gasteiger partial charge on any atom is 0.253 e.